The molecule has 0 bridgehead atoms. The Bertz CT molecular complexity index is 2420. The molecule has 1 N–H and O–H groups in total. The van der Waals surface area contributed by atoms with E-state index in [1.807, 2.05) is 48.5 Å². The van der Waals surface area contributed by atoms with E-state index in [2.05, 4.69) is 60.8 Å². The number of imide groups is 1. The van der Waals surface area contributed by atoms with Gasteiger partial charge in [0.25, 0.3) is 5.91 Å². The Kier molecular flexibility index (Phi) is 12.5. The van der Waals surface area contributed by atoms with Gasteiger partial charge in [-0.15, -0.1) is 11.3 Å². The van der Waals surface area contributed by atoms with Crippen LogP contribution in [0.25, 0.3) is 20.5 Å². The second-order valence-corrected chi connectivity index (χ2v) is 15.3. The van der Waals surface area contributed by atoms with E-state index in [4.69, 9.17) is 28.4 Å². The van der Waals surface area contributed by atoms with E-state index in [0.717, 1.165) is 43.2 Å². The van der Waals surface area contributed by atoms with Gasteiger partial charge in [-0.1, -0.05) is 66.2 Å². The molecule has 8 rings (SSSR count). The van der Waals surface area contributed by atoms with Gasteiger partial charge in [-0.3, -0.25) is 19.7 Å². The Labute approximate surface area is 346 Å². The van der Waals surface area contributed by atoms with Crippen LogP contribution >= 0.6 is 11.3 Å². The molecule has 2 aliphatic heterocycles. The molecule has 2 aliphatic rings. The van der Waals surface area contributed by atoms with Crippen LogP contribution in [0.4, 0.5) is 0 Å². The minimum absolute atomic E-state index is 0.206. The SMILES string of the molecule is Cc1ccc(-c2sc3cc(OCc4ccccc4)ccc3c2Oc2ccc(OCCOCCOCCOc3cccc4c3CN(C3CCC(=O)NC3=O)C4=O)cc2)cc1. The third kappa shape index (κ3) is 9.58. The van der Waals surface area contributed by atoms with Crippen LogP contribution in [0, 0.1) is 6.92 Å². The van der Waals surface area contributed by atoms with Crippen LogP contribution < -0.4 is 24.3 Å². The molecule has 1 saturated heterocycles. The largest absolute Gasteiger partial charge is 0.491 e. The molecule has 1 unspecified atom stereocenters. The number of hydrogen-bond donors (Lipinski definition) is 1. The minimum Gasteiger partial charge on any atom is -0.491 e. The highest BCUT2D eigenvalue weighted by Gasteiger charge is 2.40. The second kappa shape index (κ2) is 18.6. The number of fused-ring (bicyclic) bond motifs is 2. The number of rotatable bonds is 18. The van der Waals surface area contributed by atoms with Crippen molar-refractivity contribution >= 4 is 39.1 Å². The van der Waals surface area contributed by atoms with E-state index < -0.39 is 11.9 Å². The normalized spacial score (nSPS) is 15.0. The Balaban J connectivity index is 0.768. The van der Waals surface area contributed by atoms with Gasteiger partial charge in [0.1, 0.15) is 48.9 Å². The lowest BCUT2D eigenvalue weighted by atomic mass is 10.0. The predicted octanol–water partition coefficient (Wildman–Crippen LogP) is 8.50. The minimum atomic E-state index is -0.673. The smallest absolute Gasteiger partial charge is 0.255 e. The maximum Gasteiger partial charge on any atom is 0.255 e. The molecule has 1 aromatic heterocycles. The number of thiophene rings is 1. The van der Waals surface area contributed by atoms with Crippen molar-refractivity contribution in [2.24, 2.45) is 0 Å². The van der Waals surface area contributed by atoms with Crippen molar-refractivity contribution in [3.05, 3.63) is 138 Å². The first-order valence-corrected chi connectivity index (χ1v) is 20.5. The van der Waals surface area contributed by atoms with Gasteiger partial charge in [0.15, 0.2) is 5.75 Å². The summed E-state index contributed by atoms with van der Waals surface area (Å²) in [4.78, 5) is 39.5. The number of carbonyl (C=O) groups is 3. The van der Waals surface area contributed by atoms with Crippen molar-refractivity contribution in [3.8, 4) is 39.2 Å². The van der Waals surface area contributed by atoms with Gasteiger partial charge < -0.3 is 33.3 Å². The van der Waals surface area contributed by atoms with Crippen LogP contribution in [-0.2, 0) is 32.2 Å². The Morgan fingerprint density at radius 3 is 2.19 bits per heavy atom. The fourth-order valence-electron chi connectivity index (χ4n) is 7.05. The molecule has 3 heterocycles. The zero-order chi connectivity index (χ0) is 40.6. The van der Waals surface area contributed by atoms with Crippen molar-refractivity contribution in [1.29, 1.82) is 0 Å². The number of nitrogens with one attached hydrogen (secondary N) is 1. The third-order valence-corrected chi connectivity index (χ3v) is 11.3. The molecule has 12 heteroatoms. The summed E-state index contributed by atoms with van der Waals surface area (Å²) in [6.45, 7) is 4.99. The first kappa shape index (κ1) is 39.6. The van der Waals surface area contributed by atoms with Crippen LogP contribution in [0.2, 0.25) is 0 Å². The van der Waals surface area contributed by atoms with Crippen LogP contribution in [-0.4, -0.2) is 68.3 Å². The number of benzene rings is 5. The molecular formula is C47H44N2O9S. The third-order valence-electron chi connectivity index (χ3n) is 10.1. The fourth-order valence-corrected chi connectivity index (χ4v) is 8.21. The number of aryl methyl sites for hydroxylation is 1. The quantitative estimate of drug-likeness (QED) is 0.0673. The molecule has 1 fully saturated rings. The van der Waals surface area contributed by atoms with E-state index >= 15 is 0 Å². The molecule has 0 saturated carbocycles. The molecule has 59 heavy (non-hydrogen) atoms. The predicted molar refractivity (Wildman–Crippen MR) is 224 cm³/mol. The summed E-state index contributed by atoms with van der Waals surface area (Å²) in [5.74, 6) is 2.60. The molecule has 3 amide bonds. The van der Waals surface area contributed by atoms with Gasteiger partial charge in [0.2, 0.25) is 11.8 Å². The van der Waals surface area contributed by atoms with Crippen molar-refractivity contribution < 1.29 is 42.8 Å². The molecule has 0 aliphatic carbocycles. The lowest BCUT2D eigenvalue weighted by Crippen LogP contribution is -2.52. The summed E-state index contributed by atoms with van der Waals surface area (Å²) in [5, 5.41) is 3.34. The Hall–Kier alpha value is -6.21. The molecule has 0 radical (unpaired) electrons. The number of piperidine rings is 1. The van der Waals surface area contributed by atoms with Gasteiger partial charge in [-0.05, 0) is 79.1 Å². The average Bonchev–Trinajstić information content (AvgIpc) is 3.78. The molecular weight excluding hydrogens is 769 g/mol. The second-order valence-electron chi connectivity index (χ2n) is 14.2. The van der Waals surface area contributed by atoms with E-state index in [1.54, 1.807) is 29.5 Å². The lowest BCUT2D eigenvalue weighted by Gasteiger charge is -2.29. The van der Waals surface area contributed by atoms with E-state index in [-0.39, 0.29) is 31.4 Å². The first-order valence-electron chi connectivity index (χ1n) is 19.7. The van der Waals surface area contributed by atoms with Gasteiger partial charge in [-0.2, -0.15) is 0 Å². The lowest BCUT2D eigenvalue weighted by molar-refractivity contribution is -0.136. The van der Waals surface area contributed by atoms with Crippen molar-refractivity contribution in [3.63, 3.8) is 0 Å². The van der Waals surface area contributed by atoms with Gasteiger partial charge >= 0.3 is 0 Å². The zero-order valence-electron chi connectivity index (χ0n) is 32.6. The van der Waals surface area contributed by atoms with Crippen molar-refractivity contribution in [1.82, 2.24) is 10.2 Å². The number of hydrogen-bond acceptors (Lipinski definition) is 10. The summed E-state index contributed by atoms with van der Waals surface area (Å²) >= 11 is 1.68. The van der Waals surface area contributed by atoms with Gasteiger partial charge in [0, 0.05) is 27.6 Å². The van der Waals surface area contributed by atoms with Crippen LogP contribution in [0.1, 0.15) is 39.9 Å². The summed E-state index contributed by atoms with van der Waals surface area (Å²) in [7, 11) is 0. The first-order chi connectivity index (χ1) is 28.9. The number of carbonyl (C=O) groups excluding carboxylic acids is 3. The van der Waals surface area contributed by atoms with Crippen LogP contribution in [0.3, 0.4) is 0 Å². The molecule has 1 atom stereocenters. The highest BCUT2D eigenvalue weighted by atomic mass is 32.1. The highest BCUT2D eigenvalue weighted by Crippen LogP contribution is 2.47. The number of nitrogens with zero attached hydrogens (tertiary/aromatic N) is 1. The topological polar surface area (TPSA) is 122 Å². The summed E-state index contributed by atoms with van der Waals surface area (Å²) in [6, 6.07) is 37.0. The zero-order valence-corrected chi connectivity index (χ0v) is 33.5. The standard InChI is InChI=1S/C47H44N2O9S/c1-31-10-12-33(13-11-31)45-44(38-19-18-36(28-42(38)59-45)57-30-32-6-3-2-4-7-32)58-35-16-14-34(15-17-35)55-26-24-53-22-23-54-25-27-56-41-9-5-8-37-39(41)29-49(47(37)52)40-20-21-43(50)48-46(40)51/h2-19,28,40H,20-27,29-30H2,1H3,(H,48,50,51). The van der Waals surface area contributed by atoms with Crippen LogP contribution in [0.15, 0.2) is 115 Å². The Morgan fingerprint density at radius 1 is 0.712 bits per heavy atom. The van der Waals surface area contributed by atoms with E-state index in [1.165, 1.54) is 10.5 Å². The molecule has 302 valence electrons. The highest BCUT2D eigenvalue weighted by molar-refractivity contribution is 7.22. The summed E-state index contributed by atoms with van der Waals surface area (Å²) in [5.41, 5.74) is 4.64. The van der Waals surface area contributed by atoms with E-state index in [9.17, 15) is 14.4 Å². The monoisotopic (exact) mass is 812 g/mol. The molecule has 11 nitrogen and oxygen atoms in total. The fraction of sp³-hybridized carbons (Fsp3) is 0.255. The van der Waals surface area contributed by atoms with Crippen molar-refractivity contribution in [2.75, 3.05) is 39.6 Å². The van der Waals surface area contributed by atoms with Gasteiger partial charge in [-0.25, -0.2) is 0 Å². The van der Waals surface area contributed by atoms with E-state index in [0.29, 0.717) is 68.9 Å². The number of amides is 3. The summed E-state index contributed by atoms with van der Waals surface area (Å²) in [6.07, 6.45) is 0.517. The Morgan fingerprint density at radius 2 is 1.42 bits per heavy atom. The molecule has 5 aromatic carbocycles. The van der Waals surface area contributed by atoms with Gasteiger partial charge in [0.05, 0.1) is 37.8 Å². The maximum absolute atomic E-state index is 13.0. The average molecular weight is 813 g/mol. The summed E-state index contributed by atoms with van der Waals surface area (Å²) < 4.78 is 37.0. The maximum atomic E-state index is 13.0. The van der Waals surface area contributed by atoms with Crippen LogP contribution in [0.5, 0.6) is 28.7 Å². The molecule has 6 aromatic rings. The number of ether oxygens (including phenoxy) is 6. The van der Waals surface area contributed by atoms with Crippen molar-refractivity contribution in [2.45, 2.75) is 39.0 Å². The molecule has 0 spiro atoms.